The second kappa shape index (κ2) is 5.86. The standard InChI is InChI=1S/C11H14N2O2/c1-3-4-5-11(8-13,6-9(2)14)10(15)7-12/h3-4,7,12H,5-6H2,1-2H3/b4-3+,12-7?/t11-/m0/s1. The Morgan fingerprint density at radius 2 is 2.13 bits per heavy atom. The fourth-order valence-corrected chi connectivity index (χ4v) is 1.28. The molecule has 0 saturated heterocycles. The van der Waals surface area contributed by atoms with E-state index in [2.05, 4.69) is 0 Å². The number of hydrogen-bond acceptors (Lipinski definition) is 4. The maximum absolute atomic E-state index is 11.5. The first kappa shape index (κ1) is 13.2. The monoisotopic (exact) mass is 206 g/mol. The van der Waals surface area contributed by atoms with Crippen molar-refractivity contribution >= 4 is 17.8 Å². The number of rotatable bonds is 6. The molecule has 0 unspecified atom stereocenters. The molecule has 0 spiro atoms. The fraction of sp³-hybridized carbons (Fsp3) is 0.455. The van der Waals surface area contributed by atoms with Gasteiger partial charge in [0, 0.05) is 6.42 Å². The number of ketones is 2. The Kier molecular flexibility index (Phi) is 5.18. The average Bonchev–Trinajstić information content (AvgIpc) is 2.22. The van der Waals surface area contributed by atoms with Gasteiger partial charge in [-0.05, 0) is 20.3 Å². The largest absolute Gasteiger partial charge is 0.305 e. The Balaban J connectivity index is 5.11. The summed E-state index contributed by atoms with van der Waals surface area (Å²) in [5.74, 6) is -0.838. The summed E-state index contributed by atoms with van der Waals surface area (Å²) in [6, 6.07) is 1.86. The van der Waals surface area contributed by atoms with Crippen molar-refractivity contribution in [2.24, 2.45) is 5.41 Å². The van der Waals surface area contributed by atoms with Crippen LogP contribution in [0.25, 0.3) is 0 Å². The van der Waals surface area contributed by atoms with Gasteiger partial charge < -0.3 is 5.41 Å². The summed E-state index contributed by atoms with van der Waals surface area (Å²) in [7, 11) is 0. The molecule has 0 fully saturated rings. The van der Waals surface area contributed by atoms with Crippen LogP contribution in [0.15, 0.2) is 12.2 Å². The fourth-order valence-electron chi connectivity index (χ4n) is 1.28. The predicted octanol–water partition coefficient (Wildman–Crippen LogP) is 1.66. The van der Waals surface area contributed by atoms with Crippen molar-refractivity contribution in [2.75, 3.05) is 0 Å². The van der Waals surface area contributed by atoms with E-state index in [0.29, 0.717) is 6.21 Å². The molecule has 0 aliphatic carbocycles. The van der Waals surface area contributed by atoms with Gasteiger partial charge in [0.1, 0.15) is 11.2 Å². The lowest BCUT2D eigenvalue weighted by Crippen LogP contribution is -2.32. The second-order valence-corrected chi connectivity index (χ2v) is 3.35. The maximum atomic E-state index is 11.5. The molecule has 0 bridgehead atoms. The molecule has 15 heavy (non-hydrogen) atoms. The predicted molar refractivity (Wildman–Crippen MR) is 56.6 cm³/mol. The highest BCUT2D eigenvalue weighted by Gasteiger charge is 2.37. The lowest BCUT2D eigenvalue weighted by Gasteiger charge is -2.19. The highest BCUT2D eigenvalue weighted by atomic mass is 16.1. The van der Waals surface area contributed by atoms with Crippen LogP contribution in [-0.2, 0) is 9.59 Å². The van der Waals surface area contributed by atoms with Crippen LogP contribution in [0.5, 0.6) is 0 Å². The van der Waals surface area contributed by atoms with E-state index in [1.807, 2.05) is 6.07 Å². The molecule has 0 radical (unpaired) electrons. The molecule has 0 aromatic carbocycles. The Morgan fingerprint density at radius 3 is 2.47 bits per heavy atom. The van der Waals surface area contributed by atoms with Crippen molar-refractivity contribution in [3.05, 3.63) is 12.2 Å². The summed E-state index contributed by atoms with van der Waals surface area (Å²) < 4.78 is 0. The molecule has 0 saturated carbocycles. The van der Waals surface area contributed by atoms with E-state index in [0.717, 1.165) is 0 Å². The molecule has 1 N–H and O–H groups in total. The number of Topliss-reactive ketones (excluding diaryl/α,β-unsaturated/α-hetero) is 2. The van der Waals surface area contributed by atoms with Crippen molar-refractivity contribution in [1.29, 1.82) is 10.7 Å². The van der Waals surface area contributed by atoms with E-state index in [4.69, 9.17) is 10.7 Å². The number of carbonyl (C=O) groups is 2. The number of allylic oxidation sites excluding steroid dienone is 2. The van der Waals surface area contributed by atoms with Crippen molar-refractivity contribution in [3.63, 3.8) is 0 Å². The van der Waals surface area contributed by atoms with Crippen LogP contribution in [0.1, 0.15) is 26.7 Å². The van der Waals surface area contributed by atoms with E-state index in [1.165, 1.54) is 6.92 Å². The lowest BCUT2D eigenvalue weighted by atomic mass is 9.77. The number of nitrogens with one attached hydrogen (secondary N) is 1. The van der Waals surface area contributed by atoms with Gasteiger partial charge in [-0.2, -0.15) is 5.26 Å². The normalized spacial score (nSPS) is 14.2. The summed E-state index contributed by atoms with van der Waals surface area (Å²) in [5, 5.41) is 15.9. The van der Waals surface area contributed by atoms with E-state index in [9.17, 15) is 9.59 Å². The zero-order chi connectivity index (χ0) is 11.9. The Bertz CT molecular complexity index is 339. The molecule has 80 valence electrons. The highest BCUT2D eigenvalue weighted by molar-refractivity contribution is 6.30. The SMILES string of the molecule is C/C=C/C[C@@](C#N)(CC(C)=O)C(=O)C=N. The first-order valence-electron chi connectivity index (χ1n) is 4.59. The van der Waals surface area contributed by atoms with Gasteiger partial charge in [0.25, 0.3) is 0 Å². The number of carbonyl (C=O) groups excluding carboxylic acids is 2. The second-order valence-electron chi connectivity index (χ2n) is 3.35. The van der Waals surface area contributed by atoms with Gasteiger partial charge in [0.2, 0.25) is 0 Å². The van der Waals surface area contributed by atoms with Crippen molar-refractivity contribution in [3.8, 4) is 6.07 Å². The van der Waals surface area contributed by atoms with E-state index in [1.54, 1.807) is 19.1 Å². The van der Waals surface area contributed by atoms with Crippen LogP contribution in [0, 0.1) is 22.2 Å². The van der Waals surface area contributed by atoms with Crippen molar-refractivity contribution in [2.45, 2.75) is 26.7 Å². The third-order valence-corrected chi connectivity index (χ3v) is 2.07. The van der Waals surface area contributed by atoms with Crippen LogP contribution >= 0.6 is 0 Å². The van der Waals surface area contributed by atoms with Crippen molar-refractivity contribution < 1.29 is 9.59 Å². The first-order valence-corrected chi connectivity index (χ1v) is 4.59. The van der Waals surface area contributed by atoms with Crippen LogP contribution in [-0.4, -0.2) is 17.8 Å². The first-order chi connectivity index (χ1) is 7.02. The van der Waals surface area contributed by atoms with Crippen LogP contribution in [0.4, 0.5) is 0 Å². The topological polar surface area (TPSA) is 81.8 Å². The molecular formula is C11H14N2O2. The van der Waals surface area contributed by atoms with Gasteiger partial charge in [-0.15, -0.1) is 0 Å². The molecule has 4 heteroatoms. The zero-order valence-electron chi connectivity index (χ0n) is 8.91. The minimum absolute atomic E-state index is 0.137. The third kappa shape index (κ3) is 3.47. The minimum atomic E-state index is -1.39. The van der Waals surface area contributed by atoms with Crippen LogP contribution < -0.4 is 0 Å². The smallest absolute Gasteiger partial charge is 0.194 e. The zero-order valence-corrected chi connectivity index (χ0v) is 8.91. The van der Waals surface area contributed by atoms with Gasteiger partial charge in [-0.3, -0.25) is 9.59 Å². The maximum Gasteiger partial charge on any atom is 0.194 e. The van der Waals surface area contributed by atoms with Gasteiger partial charge >= 0.3 is 0 Å². The molecule has 0 aliphatic heterocycles. The Morgan fingerprint density at radius 1 is 1.53 bits per heavy atom. The summed E-state index contributed by atoms with van der Waals surface area (Å²) >= 11 is 0. The number of hydrogen-bond donors (Lipinski definition) is 1. The molecule has 0 aromatic rings. The molecule has 1 atom stereocenters. The third-order valence-electron chi connectivity index (χ3n) is 2.07. The van der Waals surface area contributed by atoms with Gasteiger partial charge in [0.15, 0.2) is 5.78 Å². The molecule has 0 heterocycles. The summed E-state index contributed by atoms with van der Waals surface area (Å²) in [4.78, 5) is 22.5. The van der Waals surface area contributed by atoms with Crippen LogP contribution in [0.2, 0.25) is 0 Å². The lowest BCUT2D eigenvalue weighted by molar-refractivity contribution is -0.125. The van der Waals surface area contributed by atoms with E-state index >= 15 is 0 Å². The Labute approximate surface area is 89.1 Å². The van der Waals surface area contributed by atoms with Gasteiger partial charge in [-0.1, -0.05) is 12.2 Å². The molecule has 0 rings (SSSR count). The molecular weight excluding hydrogens is 192 g/mol. The Hall–Kier alpha value is -1.76. The van der Waals surface area contributed by atoms with Gasteiger partial charge in [0.05, 0.1) is 12.3 Å². The van der Waals surface area contributed by atoms with E-state index in [-0.39, 0.29) is 18.6 Å². The molecule has 0 aliphatic rings. The summed E-state index contributed by atoms with van der Waals surface area (Å²) in [6.07, 6.45) is 4.02. The molecule has 4 nitrogen and oxygen atoms in total. The molecule has 0 aromatic heterocycles. The summed E-state index contributed by atoms with van der Waals surface area (Å²) in [5.41, 5.74) is -1.39. The quantitative estimate of drug-likeness (QED) is 0.530. The summed E-state index contributed by atoms with van der Waals surface area (Å²) in [6.45, 7) is 3.10. The highest BCUT2D eigenvalue weighted by Crippen LogP contribution is 2.27. The number of nitriles is 1. The minimum Gasteiger partial charge on any atom is -0.305 e. The van der Waals surface area contributed by atoms with E-state index < -0.39 is 11.2 Å². The number of nitrogens with zero attached hydrogens (tertiary/aromatic N) is 1. The van der Waals surface area contributed by atoms with Crippen molar-refractivity contribution in [1.82, 2.24) is 0 Å². The van der Waals surface area contributed by atoms with Gasteiger partial charge in [-0.25, -0.2) is 0 Å². The average molecular weight is 206 g/mol. The molecule has 0 amide bonds. The van der Waals surface area contributed by atoms with Crippen LogP contribution in [0.3, 0.4) is 0 Å².